The van der Waals surface area contributed by atoms with Gasteiger partial charge in [0.1, 0.15) is 17.4 Å². The Morgan fingerprint density at radius 1 is 1.19 bits per heavy atom. The molecule has 5 heteroatoms. The Morgan fingerprint density at radius 3 is 2.81 bits per heavy atom. The highest BCUT2D eigenvalue weighted by molar-refractivity contribution is 5.55. The Morgan fingerprint density at radius 2 is 2.04 bits per heavy atom. The zero-order chi connectivity index (χ0) is 18.6. The number of nitrogens with zero attached hydrogens (tertiary/aromatic N) is 4. The third-order valence-electron chi connectivity index (χ3n) is 5.55. The first-order valence-electron chi connectivity index (χ1n) is 9.67. The Hall–Kier alpha value is -2.87. The molecule has 0 N–H and O–H groups in total. The van der Waals surface area contributed by atoms with E-state index in [9.17, 15) is 5.26 Å². The molecule has 2 aromatic heterocycles. The predicted molar refractivity (Wildman–Crippen MR) is 104 cm³/mol. The van der Waals surface area contributed by atoms with E-state index in [0.717, 1.165) is 18.6 Å². The van der Waals surface area contributed by atoms with Crippen molar-refractivity contribution in [3.8, 4) is 6.07 Å². The SMILES string of the molecule is COC1=CCC=C(Cc2cnc3c(C#N)cnn3c2C2CCCCC2)C=C1. The standard InChI is InChI=1S/C22H24N4O/c1-27-20-9-5-6-16(10-11-20)12-18-14-24-22-19(13-23)15-25-26(22)21(18)17-7-3-2-4-8-17/h6,9-11,14-15,17H,2-5,7-8,12H2,1H3. The largest absolute Gasteiger partial charge is 0.497 e. The summed E-state index contributed by atoms with van der Waals surface area (Å²) in [4.78, 5) is 4.58. The van der Waals surface area contributed by atoms with Gasteiger partial charge in [-0.05, 0) is 42.6 Å². The Labute approximate surface area is 159 Å². The molecule has 138 valence electrons. The number of nitriles is 1. The van der Waals surface area contributed by atoms with Crippen LogP contribution in [0.2, 0.25) is 0 Å². The second kappa shape index (κ2) is 7.79. The van der Waals surface area contributed by atoms with E-state index in [2.05, 4.69) is 34.4 Å². The summed E-state index contributed by atoms with van der Waals surface area (Å²) in [6, 6.07) is 2.21. The monoisotopic (exact) mass is 360 g/mol. The van der Waals surface area contributed by atoms with Gasteiger partial charge in [0.15, 0.2) is 5.65 Å². The van der Waals surface area contributed by atoms with Gasteiger partial charge in [0.25, 0.3) is 0 Å². The number of hydrogen-bond acceptors (Lipinski definition) is 4. The fraction of sp³-hybridized carbons (Fsp3) is 0.409. The van der Waals surface area contributed by atoms with Crippen LogP contribution in [0.4, 0.5) is 0 Å². The van der Waals surface area contributed by atoms with Gasteiger partial charge < -0.3 is 4.74 Å². The van der Waals surface area contributed by atoms with E-state index < -0.39 is 0 Å². The molecule has 0 spiro atoms. The van der Waals surface area contributed by atoms with Gasteiger partial charge in [0.05, 0.1) is 19.0 Å². The van der Waals surface area contributed by atoms with Gasteiger partial charge in [-0.1, -0.05) is 31.4 Å². The minimum absolute atomic E-state index is 0.480. The molecule has 0 unspecified atom stereocenters. The number of ether oxygens (including phenoxy) is 1. The van der Waals surface area contributed by atoms with Gasteiger partial charge >= 0.3 is 0 Å². The van der Waals surface area contributed by atoms with Crippen LogP contribution in [0, 0.1) is 11.3 Å². The highest BCUT2D eigenvalue weighted by atomic mass is 16.5. The average molecular weight is 360 g/mol. The molecule has 0 aromatic carbocycles. The van der Waals surface area contributed by atoms with Crippen LogP contribution in [0.1, 0.15) is 61.3 Å². The predicted octanol–water partition coefficient (Wildman–Crippen LogP) is 4.61. The second-order valence-electron chi connectivity index (χ2n) is 7.24. The maximum atomic E-state index is 9.36. The molecule has 2 aromatic rings. The van der Waals surface area contributed by atoms with Gasteiger partial charge in [-0.15, -0.1) is 0 Å². The quantitative estimate of drug-likeness (QED) is 0.799. The van der Waals surface area contributed by atoms with E-state index in [0.29, 0.717) is 17.1 Å². The van der Waals surface area contributed by atoms with E-state index in [4.69, 9.17) is 4.74 Å². The average Bonchev–Trinajstić information content (AvgIpc) is 2.99. The van der Waals surface area contributed by atoms with E-state index >= 15 is 0 Å². The molecule has 0 atom stereocenters. The fourth-order valence-electron chi connectivity index (χ4n) is 4.16. The number of fused-ring (bicyclic) bond motifs is 1. The van der Waals surface area contributed by atoms with Crippen molar-refractivity contribution in [2.75, 3.05) is 7.11 Å². The van der Waals surface area contributed by atoms with E-state index in [1.807, 2.05) is 16.8 Å². The molecule has 5 nitrogen and oxygen atoms in total. The first kappa shape index (κ1) is 17.5. The van der Waals surface area contributed by atoms with E-state index in [1.54, 1.807) is 13.3 Å². The van der Waals surface area contributed by atoms with Gasteiger partial charge in [0, 0.05) is 18.5 Å². The van der Waals surface area contributed by atoms with E-state index in [1.165, 1.54) is 48.9 Å². The molecule has 4 rings (SSSR count). The van der Waals surface area contributed by atoms with Gasteiger partial charge in [0.2, 0.25) is 0 Å². The van der Waals surface area contributed by atoms with Crippen molar-refractivity contribution >= 4 is 5.65 Å². The lowest BCUT2D eigenvalue weighted by molar-refractivity contribution is 0.306. The topological polar surface area (TPSA) is 63.2 Å². The molecule has 1 saturated carbocycles. The van der Waals surface area contributed by atoms with Crippen LogP contribution in [-0.4, -0.2) is 21.7 Å². The molecule has 0 saturated heterocycles. The summed E-state index contributed by atoms with van der Waals surface area (Å²) in [6.45, 7) is 0. The summed E-state index contributed by atoms with van der Waals surface area (Å²) in [5.74, 6) is 1.38. The summed E-state index contributed by atoms with van der Waals surface area (Å²) in [5.41, 5.74) is 4.92. The minimum Gasteiger partial charge on any atom is -0.497 e. The summed E-state index contributed by atoms with van der Waals surface area (Å²) < 4.78 is 7.27. The maximum Gasteiger partial charge on any atom is 0.173 e. The van der Waals surface area contributed by atoms with Gasteiger partial charge in [-0.3, -0.25) is 0 Å². The fourth-order valence-corrected chi connectivity index (χ4v) is 4.16. The van der Waals surface area contributed by atoms with Crippen LogP contribution in [0.25, 0.3) is 5.65 Å². The van der Waals surface area contributed by atoms with Crippen LogP contribution in [0.5, 0.6) is 0 Å². The Bertz CT molecular complexity index is 968. The number of rotatable bonds is 4. The molecule has 0 radical (unpaired) electrons. The van der Waals surface area contributed by atoms with Crippen LogP contribution in [0.15, 0.2) is 48.0 Å². The van der Waals surface area contributed by atoms with Crippen LogP contribution >= 0.6 is 0 Å². The molecule has 0 bridgehead atoms. The van der Waals surface area contributed by atoms with Crippen molar-refractivity contribution in [3.05, 3.63) is 64.9 Å². The van der Waals surface area contributed by atoms with Crippen molar-refractivity contribution in [3.63, 3.8) is 0 Å². The van der Waals surface area contributed by atoms with Crippen LogP contribution < -0.4 is 0 Å². The smallest absolute Gasteiger partial charge is 0.173 e. The van der Waals surface area contributed by atoms with Gasteiger partial charge in [-0.2, -0.15) is 10.4 Å². The Balaban J connectivity index is 1.74. The van der Waals surface area contributed by atoms with Crippen LogP contribution in [-0.2, 0) is 11.2 Å². The normalized spacial score (nSPS) is 17.9. The molecule has 2 aliphatic carbocycles. The van der Waals surface area contributed by atoms with Crippen LogP contribution in [0.3, 0.4) is 0 Å². The summed E-state index contributed by atoms with van der Waals surface area (Å²) in [7, 11) is 1.70. The van der Waals surface area contributed by atoms with Gasteiger partial charge in [-0.25, -0.2) is 9.50 Å². The highest BCUT2D eigenvalue weighted by Gasteiger charge is 2.23. The Kier molecular flexibility index (Phi) is 5.06. The first-order valence-corrected chi connectivity index (χ1v) is 9.67. The minimum atomic E-state index is 0.480. The second-order valence-corrected chi connectivity index (χ2v) is 7.24. The molecule has 1 fully saturated rings. The third-order valence-corrected chi connectivity index (χ3v) is 5.55. The number of allylic oxidation sites excluding steroid dienone is 5. The number of methoxy groups -OCH3 is 1. The lowest BCUT2D eigenvalue weighted by atomic mass is 9.84. The van der Waals surface area contributed by atoms with Crippen molar-refractivity contribution < 1.29 is 4.74 Å². The maximum absolute atomic E-state index is 9.36. The zero-order valence-corrected chi connectivity index (χ0v) is 15.7. The van der Waals surface area contributed by atoms with Crippen molar-refractivity contribution in [2.24, 2.45) is 0 Å². The van der Waals surface area contributed by atoms with Crippen molar-refractivity contribution in [2.45, 2.75) is 50.9 Å². The molecule has 2 aliphatic rings. The third kappa shape index (κ3) is 3.52. The lowest BCUT2D eigenvalue weighted by Crippen LogP contribution is -2.14. The summed E-state index contributed by atoms with van der Waals surface area (Å²) in [6.07, 6.45) is 19.9. The molecule has 2 heterocycles. The number of hydrogen-bond donors (Lipinski definition) is 0. The summed E-state index contributed by atoms with van der Waals surface area (Å²) >= 11 is 0. The first-order chi connectivity index (χ1) is 13.3. The van der Waals surface area contributed by atoms with Crippen molar-refractivity contribution in [1.82, 2.24) is 14.6 Å². The summed E-state index contributed by atoms with van der Waals surface area (Å²) in [5, 5.41) is 13.9. The molecular formula is C22H24N4O. The zero-order valence-electron chi connectivity index (χ0n) is 15.7. The lowest BCUT2D eigenvalue weighted by Gasteiger charge is -2.25. The molecular weight excluding hydrogens is 336 g/mol. The highest BCUT2D eigenvalue weighted by Crippen LogP contribution is 2.35. The molecule has 0 aliphatic heterocycles. The number of aromatic nitrogens is 3. The van der Waals surface area contributed by atoms with E-state index in [-0.39, 0.29) is 0 Å². The van der Waals surface area contributed by atoms with Crippen molar-refractivity contribution in [1.29, 1.82) is 5.26 Å². The molecule has 0 amide bonds. The molecule has 27 heavy (non-hydrogen) atoms.